The van der Waals surface area contributed by atoms with Crippen molar-refractivity contribution in [3.05, 3.63) is 151 Å². The molecule has 0 amide bonds. The van der Waals surface area contributed by atoms with E-state index in [9.17, 15) is 0 Å². The summed E-state index contributed by atoms with van der Waals surface area (Å²) in [4.78, 5) is 2.36. The van der Waals surface area contributed by atoms with E-state index < -0.39 is 0 Å². The minimum Gasteiger partial charge on any atom is -0.456 e. The Hall–Kier alpha value is -5.08. The van der Waals surface area contributed by atoms with E-state index in [0.717, 1.165) is 28.2 Å². The lowest BCUT2D eigenvalue weighted by atomic mass is 9.82. The third kappa shape index (κ3) is 3.64. The molecule has 0 saturated heterocycles. The molecule has 1 aliphatic rings. The summed E-state index contributed by atoms with van der Waals surface area (Å²) in [5.41, 5.74) is 12.9. The zero-order valence-corrected chi connectivity index (χ0v) is 23.1. The molecule has 0 aliphatic heterocycles. The molecule has 0 saturated carbocycles. The second-order valence-electron chi connectivity index (χ2n) is 11.4. The molecule has 0 fully saturated rings. The van der Waals surface area contributed by atoms with Crippen LogP contribution >= 0.6 is 0 Å². The highest BCUT2D eigenvalue weighted by atomic mass is 16.3. The molecule has 41 heavy (non-hydrogen) atoms. The van der Waals surface area contributed by atoms with Crippen LogP contribution in [0.5, 0.6) is 0 Å². The number of benzene rings is 6. The van der Waals surface area contributed by atoms with Gasteiger partial charge in [-0.05, 0) is 81.9 Å². The summed E-state index contributed by atoms with van der Waals surface area (Å²) in [5.74, 6) is 0. The number of rotatable bonds is 4. The van der Waals surface area contributed by atoms with Gasteiger partial charge in [0.1, 0.15) is 11.2 Å². The van der Waals surface area contributed by atoms with Gasteiger partial charge in [-0.25, -0.2) is 0 Å². The Labute approximate surface area is 240 Å². The molecule has 0 atom stereocenters. The molecule has 0 spiro atoms. The molecule has 0 unspecified atom stereocenters. The SMILES string of the molecule is CC1(C)c2cc(N(c3ccccc3)c3ccc(-c4ccccc4)cc3)ccc2-c2c1ccc1oc3ccccc3c21. The number of hydrogen-bond acceptors (Lipinski definition) is 2. The monoisotopic (exact) mass is 527 g/mol. The van der Waals surface area contributed by atoms with Gasteiger partial charge in [0.2, 0.25) is 0 Å². The number of para-hydroxylation sites is 2. The maximum atomic E-state index is 6.27. The molecule has 1 aromatic heterocycles. The number of nitrogens with zero attached hydrogens (tertiary/aromatic N) is 1. The van der Waals surface area contributed by atoms with Crippen LogP contribution in [0.4, 0.5) is 17.1 Å². The topological polar surface area (TPSA) is 16.4 Å². The summed E-state index contributed by atoms with van der Waals surface area (Å²) >= 11 is 0. The molecule has 0 N–H and O–H groups in total. The van der Waals surface area contributed by atoms with Crippen molar-refractivity contribution in [3.8, 4) is 22.3 Å². The second kappa shape index (κ2) is 8.97. The first-order valence-electron chi connectivity index (χ1n) is 14.2. The zero-order valence-electron chi connectivity index (χ0n) is 23.1. The average Bonchev–Trinajstić information content (AvgIpc) is 3.51. The van der Waals surface area contributed by atoms with Crippen molar-refractivity contribution in [1.29, 1.82) is 0 Å². The first kappa shape index (κ1) is 23.8. The molecule has 6 aromatic carbocycles. The maximum Gasteiger partial charge on any atom is 0.136 e. The van der Waals surface area contributed by atoms with Crippen molar-refractivity contribution in [2.24, 2.45) is 0 Å². The van der Waals surface area contributed by atoms with Gasteiger partial charge in [0.05, 0.1) is 0 Å². The van der Waals surface area contributed by atoms with Gasteiger partial charge in [0.25, 0.3) is 0 Å². The summed E-state index contributed by atoms with van der Waals surface area (Å²) < 4.78 is 6.27. The van der Waals surface area contributed by atoms with E-state index in [0.29, 0.717) is 0 Å². The highest BCUT2D eigenvalue weighted by molar-refractivity contribution is 6.15. The van der Waals surface area contributed by atoms with Crippen LogP contribution in [0.1, 0.15) is 25.0 Å². The Kier molecular flexibility index (Phi) is 5.20. The van der Waals surface area contributed by atoms with Gasteiger partial charge in [-0.15, -0.1) is 0 Å². The van der Waals surface area contributed by atoms with Crippen LogP contribution in [-0.4, -0.2) is 0 Å². The molecular formula is C39H29NO. The van der Waals surface area contributed by atoms with Crippen LogP contribution in [0.3, 0.4) is 0 Å². The van der Waals surface area contributed by atoms with Gasteiger partial charge in [0.15, 0.2) is 0 Å². The Morgan fingerprint density at radius 2 is 1.15 bits per heavy atom. The van der Waals surface area contributed by atoms with E-state index in [1.165, 1.54) is 44.2 Å². The lowest BCUT2D eigenvalue weighted by molar-refractivity contribution is 0.656. The van der Waals surface area contributed by atoms with E-state index in [1.807, 2.05) is 6.07 Å². The first-order valence-corrected chi connectivity index (χ1v) is 14.2. The third-order valence-electron chi connectivity index (χ3n) is 8.67. The average molecular weight is 528 g/mol. The van der Waals surface area contributed by atoms with Crippen LogP contribution in [0.25, 0.3) is 44.2 Å². The molecule has 7 aromatic rings. The van der Waals surface area contributed by atoms with Gasteiger partial charge in [-0.2, -0.15) is 0 Å². The molecule has 8 rings (SSSR count). The molecule has 1 heterocycles. The van der Waals surface area contributed by atoms with E-state index in [4.69, 9.17) is 4.42 Å². The van der Waals surface area contributed by atoms with Crippen LogP contribution < -0.4 is 4.90 Å². The molecule has 2 nitrogen and oxygen atoms in total. The molecule has 1 aliphatic carbocycles. The maximum absolute atomic E-state index is 6.27. The predicted octanol–water partition coefficient (Wildman–Crippen LogP) is 11.0. The van der Waals surface area contributed by atoms with Crippen LogP contribution in [0.2, 0.25) is 0 Å². The van der Waals surface area contributed by atoms with Crippen molar-refractivity contribution >= 4 is 39.0 Å². The van der Waals surface area contributed by atoms with Crippen molar-refractivity contribution in [2.75, 3.05) is 4.90 Å². The van der Waals surface area contributed by atoms with Gasteiger partial charge in [-0.3, -0.25) is 0 Å². The Morgan fingerprint density at radius 1 is 0.512 bits per heavy atom. The van der Waals surface area contributed by atoms with Crippen LogP contribution in [0.15, 0.2) is 144 Å². The minimum atomic E-state index is -0.146. The summed E-state index contributed by atoms with van der Waals surface area (Å²) in [5, 5.41) is 2.39. The third-order valence-corrected chi connectivity index (χ3v) is 8.67. The van der Waals surface area contributed by atoms with Gasteiger partial charge >= 0.3 is 0 Å². The largest absolute Gasteiger partial charge is 0.456 e. The summed E-state index contributed by atoms with van der Waals surface area (Å²) in [6, 6.07) is 49.8. The van der Waals surface area contributed by atoms with Crippen LogP contribution in [-0.2, 0) is 5.41 Å². The van der Waals surface area contributed by atoms with E-state index in [2.05, 4.69) is 152 Å². The van der Waals surface area contributed by atoms with Gasteiger partial charge < -0.3 is 9.32 Å². The van der Waals surface area contributed by atoms with E-state index in [-0.39, 0.29) is 5.41 Å². The van der Waals surface area contributed by atoms with Crippen molar-refractivity contribution in [1.82, 2.24) is 0 Å². The number of hydrogen-bond donors (Lipinski definition) is 0. The molecule has 0 bridgehead atoms. The van der Waals surface area contributed by atoms with Gasteiger partial charge in [0, 0.05) is 33.2 Å². The van der Waals surface area contributed by atoms with E-state index in [1.54, 1.807) is 0 Å². The van der Waals surface area contributed by atoms with Crippen molar-refractivity contribution < 1.29 is 4.42 Å². The summed E-state index contributed by atoms with van der Waals surface area (Å²) in [6.45, 7) is 4.69. The Bertz CT molecular complexity index is 2050. The minimum absolute atomic E-state index is 0.146. The highest BCUT2D eigenvalue weighted by Crippen LogP contribution is 2.54. The molecule has 0 radical (unpaired) electrons. The first-order chi connectivity index (χ1) is 20.1. The number of furan rings is 1. The fraction of sp³-hybridized carbons (Fsp3) is 0.0769. The lowest BCUT2D eigenvalue weighted by Crippen LogP contribution is -2.16. The number of anilines is 3. The highest BCUT2D eigenvalue weighted by Gasteiger charge is 2.38. The smallest absolute Gasteiger partial charge is 0.136 e. The molecule has 196 valence electrons. The Balaban J connectivity index is 1.30. The predicted molar refractivity (Wildman–Crippen MR) is 171 cm³/mol. The normalized spacial score (nSPS) is 13.3. The quantitative estimate of drug-likeness (QED) is 0.226. The molecular weight excluding hydrogens is 498 g/mol. The van der Waals surface area contributed by atoms with Gasteiger partial charge in [-0.1, -0.05) is 105 Å². The summed E-state index contributed by atoms with van der Waals surface area (Å²) in [7, 11) is 0. The second-order valence-corrected chi connectivity index (χ2v) is 11.4. The zero-order chi connectivity index (χ0) is 27.6. The van der Waals surface area contributed by atoms with Crippen molar-refractivity contribution in [2.45, 2.75) is 19.3 Å². The summed E-state index contributed by atoms with van der Waals surface area (Å²) in [6.07, 6.45) is 0. The fourth-order valence-electron chi connectivity index (χ4n) is 6.63. The standard InChI is InChI=1S/C39H29NO/c1-39(2)33-23-24-36-38(32-15-9-10-16-35(32)41-36)37(33)31-22-21-30(25-34(31)39)40(28-13-7-4-8-14-28)29-19-17-27(18-20-29)26-11-5-3-6-12-26/h3-25H,1-2H3. The Morgan fingerprint density at radius 3 is 1.93 bits per heavy atom. The fourth-order valence-corrected chi connectivity index (χ4v) is 6.63. The van der Waals surface area contributed by atoms with Crippen LogP contribution in [0, 0.1) is 0 Å². The lowest BCUT2D eigenvalue weighted by Gasteiger charge is -2.28. The number of fused-ring (bicyclic) bond motifs is 7. The molecule has 2 heteroatoms. The van der Waals surface area contributed by atoms with E-state index >= 15 is 0 Å². The van der Waals surface area contributed by atoms with Crippen molar-refractivity contribution in [3.63, 3.8) is 0 Å².